The molecule has 0 fully saturated rings. The van der Waals surface area contributed by atoms with Crippen molar-refractivity contribution in [2.75, 3.05) is 6.54 Å². The summed E-state index contributed by atoms with van der Waals surface area (Å²) in [7, 11) is 0. The number of amides is 1. The van der Waals surface area contributed by atoms with Crippen molar-refractivity contribution >= 4 is 5.91 Å². The van der Waals surface area contributed by atoms with Crippen LogP contribution in [0.5, 0.6) is 0 Å². The molecule has 2 atom stereocenters. The Hall–Kier alpha value is -1.35. The number of carbonyl (C=O) groups is 1. The molecule has 2 unspecified atom stereocenters. The second-order valence-electron chi connectivity index (χ2n) is 5.31. The monoisotopic (exact) mass is 262 g/mol. The average Bonchev–Trinajstić information content (AvgIpc) is 2.36. The van der Waals surface area contributed by atoms with E-state index in [2.05, 4.69) is 44.3 Å². The molecule has 0 saturated carbocycles. The van der Waals surface area contributed by atoms with E-state index < -0.39 is 0 Å². The molecule has 3 nitrogen and oxygen atoms in total. The minimum Gasteiger partial charge on any atom is -0.353 e. The maximum atomic E-state index is 12.4. The molecule has 0 bridgehead atoms. The second kappa shape index (κ2) is 7.29. The minimum absolute atomic E-state index is 0.0896. The van der Waals surface area contributed by atoms with Gasteiger partial charge in [0.25, 0.3) is 0 Å². The van der Waals surface area contributed by atoms with E-state index in [1.165, 1.54) is 5.56 Å². The zero-order valence-corrected chi connectivity index (χ0v) is 12.5. The van der Waals surface area contributed by atoms with Crippen LogP contribution in [0.1, 0.15) is 49.3 Å². The maximum Gasteiger partial charge on any atom is 0.227 e. The number of hydrogen-bond acceptors (Lipinski definition) is 2. The predicted molar refractivity (Wildman–Crippen MR) is 80.2 cm³/mol. The Balaban J connectivity index is 2.96. The molecule has 1 aromatic rings. The van der Waals surface area contributed by atoms with Crippen LogP contribution in [0.3, 0.4) is 0 Å². The zero-order valence-electron chi connectivity index (χ0n) is 12.5. The fourth-order valence-corrected chi connectivity index (χ4v) is 2.26. The third-order valence-corrected chi connectivity index (χ3v) is 3.57. The van der Waals surface area contributed by atoms with E-state index in [-0.39, 0.29) is 17.9 Å². The van der Waals surface area contributed by atoms with Gasteiger partial charge in [-0.2, -0.15) is 0 Å². The molecule has 0 aliphatic rings. The van der Waals surface area contributed by atoms with Gasteiger partial charge in [0.1, 0.15) is 0 Å². The van der Waals surface area contributed by atoms with Crippen LogP contribution in [0.2, 0.25) is 0 Å². The standard InChI is InChI=1S/C16H26N2O/c1-5-13(4)18-16(19)15(8-9-17)14-7-6-11(2)10-12(14)3/h6-7,10,13,15H,5,8-9,17H2,1-4H3,(H,18,19). The molecule has 1 rings (SSSR count). The topological polar surface area (TPSA) is 55.1 Å². The van der Waals surface area contributed by atoms with E-state index in [1.54, 1.807) is 0 Å². The molecule has 0 aliphatic carbocycles. The molecule has 0 saturated heterocycles. The Kier molecular flexibility index (Phi) is 6.03. The van der Waals surface area contributed by atoms with Crippen LogP contribution in [-0.4, -0.2) is 18.5 Å². The molecule has 19 heavy (non-hydrogen) atoms. The van der Waals surface area contributed by atoms with Crippen molar-refractivity contribution in [2.24, 2.45) is 5.73 Å². The van der Waals surface area contributed by atoms with Gasteiger partial charge in [-0.25, -0.2) is 0 Å². The Morgan fingerprint density at radius 2 is 2.05 bits per heavy atom. The molecule has 0 aliphatic heterocycles. The van der Waals surface area contributed by atoms with Gasteiger partial charge in [0.2, 0.25) is 5.91 Å². The number of nitrogens with one attached hydrogen (secondary N) is 1. The lowest BCUT2D eigenvalue weighted by Gasteiger charge is -2.21. The molecule has 3 heteroatoms. The van der Waals surface area contributed by atoms with E-state index in [4.69, 9.17) is 5.73 Å². The summed E-state index contributed by atoms with van der Waals surface area (Å²) in [6.45, 7) is 8.74. The molecule has 0 heterocycles. The summed E-state index contributed by atoms with van der Waals surface area (Å²) in [5.41, 5.74) is 9.14. The molecule has 3 N–H and O–H groups in total. The number of aryl methyl sites for hydroxylation is 2. The van der Waals surface area contributed by atoms with E-state index >= 15 is 0 Å². The van der Waals surface area contributed by atoms with Gasteiger partial charge >= 0.3 is 0 Å². The first kappa shape index (κ1) is 15.7. The van der Waals surface area contributed by atoms with Gasteiger partial charge in [-0.1, -0.05) is 30.7 Å². The number of hydrogen-bond donors (Lipinski definition) is 2. The van der Waals surface area contributed by atoms with Gasteiger partial charge in [-0.05, 0) is 51.3 Å². The highest BCUT2D eigenvalue weighted by Crippen LogP contribution is 2.24. The largest absolute Gasteiger partial charge is 0.353 e. The summed E-state index contributed by atoms with van der Waals surface area (Å²) in [6, 6.07) is 6.44. The van der Waals surface area contributed by atoms with Crippen LogP contribution in [0.4, 0.5) is 0 Å². The van der Waals surface area contributed by atoms with Crippen molar-refractivity contribution in [3.63, 3.8) is 0 Å². The first-order chi connectivity index (χ1) is 8.99. The number of benzene rings is 1. The van der Waals surface area contributed by atoms with E-state index in [0.29, 0.717) is 13.0 Å². The average molecular weight is 262 g/mol. The Bertz CT molecular complexity index is 429. The molecule has 1 amide bonds. The molecule has 0 radical (unpaired) electrons. The van der Waals surface area contributed by atoms with Crippen LogP contribution in [-0.2, 0) is 4.79 Å². The van der Waals surface area contributed by atoms with Crippen LogP contribution >= 0.6 is 0 Å². The van der Waals surface area contributed by atoms with Crippen molar-refractivity contribution in [1.29, 1.82) is 0 Å². The van der Waals surface area contributed by atoms with Crippen molar-refractivity contribution in [3.05, 3.63) is 34.9 Å². The van der Waals surface area contributed by atoms with E-state index in [1.807, 2.05) is 6.92 Å². The van der Waals surface area contributed by atoms with Crippen molar-refractivity contribution in [1.82, 2.24) is 5.32 Å². The highest BCUT2D eigenvalue weighted by atomic mass is 16.1. The highest BCUT2D eigenvalue weighted by molar-refractivity contribution is 5.84. The molecular weight excluding hydrogens is 236 g/mol. The van der Waals surface area contributed by atoms with Gasteiger partial charge < -0.3 is 11.1 Å². The maximum absolute atomic E-state index is 12.4. The third-order valence-electron chi connectivity index (χ3n) is 3.57. The number of carbonyl (C=O) groups excluding carboxylic acids is 1. The summed E-state index contributed by atoms with van der Waals surface area (Å²) in [5.74, 6) is -0.0497. The Morgan fingerprint density at radius 1 is 1.37 bits per heavy atom. The molecule has 0 spiro atoms. The second-order valence-corrected chi connectivity index (χ2v) is 5.31. The normalized spacial score (nSPS) is 13.9. The predicted octanol–water partition coefficient (Wildman–Crippen LogP) is 2.65. The quantitative estimate of drug-likeness (QED) is 0.828. The molecule has 0 aromatic heterocycles. The number of rotatable bonds is 6. The summed E-state index contributed by atoms with van der Waals surface area (Å²) in [5, 5.41) is 3.06. The lowest BCUT2D eigenvalue weighted by molar-refractivity contribution is -0.123. The highest BCUT2D eigenvalue weighted by Gasteiger charge is 2.22. The van der Waals surface area contributed by atoms with E-state index in [0.717, 1.165) is 17.5 Å². The van der Waals surface area contributed by atoms with Crippen LogP contribution in [0.15, 0.2) is 18.2 Å². The lowest BCUT2D eigenvalue weighted by Crippen LogP contribution is -2.36. The van der Waals surface area contributed by atoms with Crippen molar-refractivity contribution in [3.8, 4) is 0 Å². The molecular formula is C16H26N2O. The van der Waals surface area contributed by atoms with Crippen molar-refractivity contribution in [2.45, 2.75) is 52.5 Å². The summed E-state index contributed by atoms with van der Waals surface area (Å²) < 4.78 is 0. The number of nitrogens with two attached hydrogens (primary N) is 1. The first-order valence-corrected chi connectivity index (χ1v) is 7.07. The zero-order chi connectivity index (χ0) is 14.4. The fraction of sp³-hybridized carbons (Fsp3) is 0.562. The van der Waals surface area contributed by atoms with Crippen LogP contribution < -0.4 is 11.1 Å². The summed E-state index contributed by atoms with van der Waals surface area (Å²) >= 11 is 0. The Morgan fingerprint density at radius 3 is 2.58 bits per heavy atom. The summed E-state index contributed by atoms with van der Waals surface area (Å²) in [4.78, 5) is 12.4. The van der Waals surface area contributed by atoms with Crippen molar-refractivity contribution < 1.29 is 4.79 Å². The third kappa shape index (κ3) is 4.35. The van der Waals surface area contributed by atoms with Gasteiger partial charge in [-0.15, -0.1) is 0 Å². The lowest BCUT2D eigenvalue weighted by atomic mass is 9.90. The van der Waals surface area contributed by atoms with Gasteiger partial charge in [0.05, 0.1) is 5.92 Å². The van der Waals surface area contributed by atoms with E-state index in [9.17, 15) is 4.79 Å². The van der Waals surface area contributed by atoms with Crippen LogP contribution in [0.25, 0.3) is 0 Å². The smallest absolute Gasteiger partial charge is 0.227 e. The van der Waals surface area contributed by atoms with Gasteiger partial charge in [-0.3, -0.25) is 4.79 Å². The minimum atomic E-state index is -0.139. The first-order valence-electron chi connectivity index (χ1n) is 7.07. The van der Waals surface area contributed by atoms with Crippen LogP contribution in [0, 0.1) is 13.8 Å². The van der Waals surface area contributed by atoms with Gasteiger partial charge in [0, 0.05) is 6.04 Å². The molecule has 1 aromatic carbocycles. The summed E-state index contributed by atoms with van der Waals surface area (Å²) in [6.07, 6.45) is 1.63. The fourth-order valence-electron chi connectivity index (χ4n) is 2.26. The molecule has 106 valence electrons. The van der Waals surface area contributed by atoms with Gasteiger partial charge in [0.15, 0.2) is 0 Å². The Labute approximate surface area is 116 Å². The SMILES string of the molecule is CCC(C)NC(=O)C(CCN)c1ccc(C)cc1C.